The van der Waals surface area contributed by atoms with Gasteiger partial charge in [-0.3, -0.25) is 0 Å². The fraction of sp³-hybridized carbons (Fsp3) is 0.133. The molecule has 22 heavy (non-hydrogen) atoms. The molecule has 0 fully saturated rings. The highest BCUT2D eigenvalue weighted by molar-refractivity contribution is 7.89. The van der Waals surface area contributed by atoms with E-state index in [4.69, 9.17) is 14.6 Å². The molecule has 0 saturated carbocycles. The Morgan fingerprint density at radius 3 is 2.41 bits per heavy atom. The van der Waals surface area contributed by atoms with Gasteiger partial charge in [-0.15, -0.1) is 0 Å². The van der Waals surface area contributed by atoms with Crippen LogP contribution in [0.1, 0.15) is 15.9 Å². The normalized spacial score (nSPS) is 11.0. The van der Waals surface area contributed by atoms with Gasteiger partial charge in [0, 0.05) is 0 Å². The van der Waals surface area contributed by atoms with Crippen molar-refractivity contribution in [3.05, 3.63) is 59.7 Å². The summed E-state index contributed by atoms with van der Waals surface area (Å²) >= 11 is 0. The van der Waals surface area contributed by atoms with E-state index in [1.165, 1.54) is 19.2 Å². The zero-order valence-electron chi connectivity index (χ0n) is 11.9. The molecule has 2 N–H and O–H groups in total. The minimum absolute atomic E-state index is 0.00459. The summed E-state index contributed by atoms with van der Waals surface area (Å²) in [5.74, 6) is -0.475. The number of carbonyl (C=O) groups excluding carboxylic acids is 1. The van der Waals surface area contributed by atoms with E-state index in [1.54, 1.807) is 0 Å². The molecule has 7 heteroatoms. The third-order valence-electron chi connectivity index (χ3n) is 2.93. The molecule has 2 aromatic rings. The van der Waals surface area contributed by atoms with Gasteiger partial charge in [0.05, 0.1) is 12.0 Å². The highest BCUT2D eigenvalue weighted by Gasteiger charge is 2.18. The largest absolute Gasteiger partial charge is 0.496 e. The number of ether oxygens (including phenoxy) is 2. The van der Waals surface area contributed by atoms with Gasteiger partial charge in [-0.25, -0.2) is 18.4 Å². The molecule has 0 aliphatic carbocycles. The minimum Gasteiger partial charge on any atom is -0.496 e. The molecule has 0 spiro atoms. The van der Waals surface area contributed by atoms with Gasteiger partial charge in [0.25, 0.3) is 0 Å². The number of hydrogen-bond donors (Lipinski definition) is 1. The van der Waals surface area contributed by atoms with Crippen molar-refractivity contribution in [1.82, 2.24) is 0 Å². The second-order valence-corrected chi connectivity index (χ2v) is 6.03. The Balaban J connectivity index is 2.24. The van der Waals surface area contributed by atoms with Gasteiger partial charge in [-0.1, -0.05) is 30.3 Å². The van der Waals surface area contributed by atoms with Crippen molar-refractivity contribution in [1.29, 1.82) is 0 Å². The molecule has 0 amide bonds. The third kappa shape index (κ3) is 3.84. The average molecular weight is 321 g/mol. The van der Waals surface area contributed by atoms with Gasteiger partial charge >= 0.3 is 5.97 Å². The van der Waals surface area contributed by atoms with Gasteiger partial charge in [-0.2, -0.15) is 0 Å². The highest BCUT2D eigenvalue weighted by atomic mass is 32.2. The van der Waals surface area contributed by atoms with Crippen LogP contribution in [-0.4, -0.2) is 21.5 Å². The lowest BCUT2D eigenvalue weighted by Crippen LogP contribution is -2.14. The van der Waals surface area contributed by atoms with Crippen LogP contribution >= 0.6 is 0 Å². The molecule has 0 aromatic heterocycles. The summed E-state index contributed by atoms with van der Waals surface area (Å²) in [5.41, 5.74) is 0.822. The topological polar surface area (TPSA) is 95.7 Å². The number of benzene rings is 2. The van der Waals surface area contributed by atoms with E-state index in [0.29, 0.717) is 0 Å². The van der Waals surface area contributed by atoms with Gasteiger partial charge in [0.1, 0.15) is 17.9 Å². The lowest BCUT2D eigenvalue weighted by molar-refractivity contribution is 0.0468. The summed E-state index contributed by atoms with van der Waals surface area (Å²) in [4.78, 5) is 12.0. The van der Waals surface area contributed by atoms with E-state index in [9.17, 15) is 13.2 Å². The maximum absolute atomic E-state index is 12.1. The maximum atomic E-state index is 12.1. The molecular weight excluding hydrogens is 306 g/mol. The number of carbonyl (C=O) groups is 1. The molecule has 6 nitrogen and oxygen atoms in total. The van der Waals surface area contributed by atoms with Crippen molar-refractivity contribution in [2.75, 3.05) is 7.11 Å². The molecule has 0 radical (unpaired) electrons. The van der Waals surface area contributed by atoms with E-state index in [0.717, 1.165) is 11.6 Å². The number of hydrogen-bond acceptors (Lipinski definition) is 5. The summed E-state index contributed by atoms with van der Waals surface area (Å²) in [7, 11) is -2.54. The molecule has 2 aromatic carbocycles. The van der Waals surface area contributed by atoms with Crippen LogP contribution in [0.25, 0.3) is 0 Å². The Morgan fingerprint density at radius 2 is 1.82 bits per heavy atom. The van der Waals surface area contributed by atoms with Crippen LogP contribution in [0.5, 0.6) is 5.75 Å². The van der Waals surface area contributed by atoms with Crippen molar-refractivity contribution in [2.24, 2.45) is 5.14 Å². The third-order valence-corrected chi connectivity index (χ3v) is 3.84. The van der Waals surface area contributed by atoms with Gasteiger partial charge in [0.15, 0.2) is 0 Å². The number of methoxy groups -OCH3 is 1. The predicted molar refractivity (Wildman–Crippen MR) is 79.9 cm³/mol. The van der Waals surface area contributed by atoms with E-state index >= 15 is 0 Å². The molecule has 2 rings (SSSR count). The summed E-state index contributed by atoms with van der Waals surface area (Å²) in [6.07, 6.45) is 0. The number of nitrogens with two attached hydrogens (primary N) is 1. The van der Waals surface area contributed by atoms with Crippen molar-refractivity contribution >= 4 is 16.0 Å². The zero-order chi connectivity index (χ0) is 16.2. The van der Waals surface area contributed by atoms with Crippen LogP contribution in [0, 0.1) is 0 Å². The van der Waals surface area contributed by atoms with E-state index in [1.807, 2.05) is 30.3 Å². The molecule has 0 unspecified atom stereocenters. The maximum Gasteiger partial charge on any atom is 0.342 e. The Labute approximate surface area is 128 Å². The SMILES string of the molecule is COc1ccc(S(N)(=O)=O)cc1C(=O)OCc1ccccc1. The van der Waals surface area contributed by atoms with E-state index < -0.39 is 16.0 Å². The van der Waals surface area contributed by atoms with Gasteiger partial charge in [-0.05, 0) is 23.8 Å². The Morgan fingerprint density at radius 1 is 1.14 bits per heavy atom. The van der Waals surface area contributed by atoms with E-state index in [2.05, 4.69) is 0 Å². The summed E-state index contributed by atoms with van der Waals surface area (Å²) in [6, 6.07) is 12.9. The van der Waals surface area contributed by atoms with E-state index in [-0.39, 0.29) is 22.8 Å². The smallest absolute Gasteiger partial charge is 0.342 e. The first-order valence-corrected chi connectivity index (χ1v) is 7.88. The molecule has 116 valence electrons. The summed E-state index contributed by atoms with van der Waals surface area (Å²) < 4.78 is 33.0. The standard InChI is InChI=1S/C15H15NO5S/c1-20-14-8-7-12(22(16,18)19)9-13(14)15(17)21-10-11-5-3-2-4-6-11/h2-9H,10H2,1H3,(H2,16,18,19). The predicted octanol–water partition coefficient (Wildman–Crippen LogP) is 1.70. The minimum atomic E-state index is -3.91. The second-order valence-electron chi connectivity index (χ2n) is 4.47. The van der Waals surface area contributed by atoms with Gasteiger partial charge in [0.2, 0.25) is 10.0 Å². The van der Waals surface area contributed by atoms with Crippen LogP contribution in [0.15, 0.2) is 53.4 Å². The second kappa shape index (κ2) is 6.59. The van der Waals surface area contributed by atoms with Crippen LogP contribution in [-0.2, 0) is 21.4 Å². The Kier molecular flexibility index (Phi) is 4.79. The first-order chi connectivity index (χ1) is 10.4. The molecule has 0 saturated heterocycles. The van der Waals surface area contributed by atoms with Crippen molar-refractivity contribution in [2.45, 2.75) is 11.5 Å². The van der Waals surface area contributed by atoms with Crippen molar-refractivity contribution in [3.63, 3.8) is 0 Å². The number of rotatable bonds is 5. The monoisotopic (exact) mass is 321 g/mol. The van der Waals surface area contributed by atoms with Crippen LogP contribution in [0.2, 0.25) is 0 Å². The first kappa shape index (κ1) is 16.0. The molecule has 0 bridgehead atoms. The fourth-order valence-corrected chi connectivity index (χ4v) is 2.36. The molecule has 0 atom stereocenters. The first-order valence-electron chi connectivity index (χ1n) is 6.33. The van der Waals surface area contributed by atoms with Crippen molar-refractivity contribution < 1.29 is 22.7 Å². The summed E-state index contributed by atoms with van der Waals surface area (Å²) in [6.45, 7) is 0.0719. The number of sulfonamides is 1. The van der Waals surface area contributed by atoms with Crippen LogP contribution < -0.4 is 9.88 Å². The number of esters is 1. The summed E-state index contributed by atoms with van der Waals surface area (Å²) in [5, 5.41) is 5.06. The molecule has 0 aliphatic heterocycles. The molecular formula is C15H15NO5S. The Bertz CT molecular complexity index is 772. The fourth-order valence-electron chi connectivity index (χ4n) is 1.82. The van der Waals surface area contributed by atoms with Crippen LogP contribution in [0.3, 0.4) is 0 Å². The molecule has 0 heterocycles. The lowest BCUT2D eigenvalue weighted by Gasteiger charge is -2.10. The molecule has 0 aliphatic rings. The van der Waals surface area contributed by atoms with Crippen LogP contribution in [0.4, 0.5) is 0 Å². The van der Waals surface area contributed by atoms with Gasteiger partial charge < -0.3 is 9.47 Å². The zero-order valence-corrected chi connectivity index (χ0v) is 12.7. The van der Waals surface area contributed by atoms with Crippen molar-refractivity contribution in [3.8, 4) is 5.75 Å². The lowest BCUT2D eigenvalue weighted by atomic mass is 10.2. The highest BCUT2D eigenvalue weighted by Crippen LogP contribution is 2.23. The quantitative estimate of drug-likeness (QED) is 0.846. The Hall–Kier alpha value is -2.38. The number of primary sulfonamides is 1. The average Bonchev–Trinajstić information content (AvgIpc) is 2.52.